The lowest BCUT2D eigenvalue weighted by Gasteiger charge is -2.36. The summed E-state index contributed by atoms with van der Waals surface area (Å²) >= 11 is 0. The van der Waals surface area contributed by atoms with Gasteiger partial charge in [-0.15, -0.1) is 0 Å². The van der Waals surface area contributed by atoms with E-state index in [1.54, 1.807) is 16.4 Å². The molecule has 1 fully saturated rings. The molecule has 1 atom stereocenters. The third-order valence-electron chi connectivity index (χ3n) is 7.07. The van der Waals surface area contributed by atoms with E-state index >= 15 is 0 Å². The first-order valence-corrected chi connectivity index (χ1v) is 14.2. The van der Waals surface area contributed by atoms with Gasteiger partial charge in [-0.25, -0.2) is 18.4 Å². The molecule has 0 saturated carbocycles. The minimum Gasteiger partial charge on any atom is -0.340 e. The van der Waals surface area contributed by atoms with Gasteiger partial charge in [0.05, 0.1) is 16.5 Å². The summed E-state index contributed by atoms with van der Waals surface area (Å²) in [5.74, 6) is 1.50. The van der Waals surface area contributed by atoms with Gasteiger partial charge in [0.1, 0.15) is 11.6 Å². The van der Waals surface area contributed by atoms with Gasteiger partial charge in [-0.2, -0.15) is 4.31 Å². The number of nitrogens with zero attached hydrogens (tertiary/aromatic N) is 4. The first kappa shape index (κ1) is 25.3. The summed E-state index contributed by atoms with van der Waals surface area (Å²) in [5.41, 5.74) is 4.16. The van der Waals surface area contributed by atoms with Crippen LogP contribution in [-0.2, 0) is 16.4 Å². The van der Waals surface area contributed by atoms with E-state index in [0.717, 1.165) is 40.2 Å². The molecule has 0 unspecified atom stereocenters. The molecule has 0 radical (unpaired) electrons. The van der Waals surface area contributed by atoms with Gasteiger partial charge in [0.25, 0.3) is 0 Å². The largest absolute Gasteiger partial charge is 0.340 e. The van der Waals surface area contributed by atoms with Crippen molar-refractivity contribution < 1.29 is 8.42 Å². The van der Waals surface area contributed by atoms with Crippen molar-refractivity contribution in [3.63, 3.8) is 0 Å². The lowest BCUT2D eigenvalue weighted by atomic mass is 10.1. The molecule has 0 aliphatic carbocycles. The summed E-state index contributed by atoms with van der Waals surface area (Å²) < 4.78 is 28.0. The number of aromatic nitrogens is 2. The smallest absolute Gasteiger partial charge is 0.243 e. The third kappa shape index (κ3) is 5.37. The van der Waals surface area contributed by atoms with Crippen LogP contribution in [0.4, 0.5) is 11.5 Å². The second kappa shape index (κ2) is 10.6. The SMILES string of the molecule is CCc1ccc(S(=O)(=O)N2CCN([C@@H](C)c3nc(Nc4cccc(C)c4)c4ccccc4n3)CC2)cc1. The number of benzene rings is 3. The maximum Gasteiger partial charge on any atom is 0.243 e. The van der Waals surface area contributed by atoms with Crippen molar-refractivity contribution in [1.29, 1.82) is 0 Å². The lowest BCUT2D eigenvalue weighted by molar-refractivity contribution is 0.141. The van der Waals surface area contributed by atoms with Crippen molar-refractivity contribution in [3.05, 3.63) is 89.7 Å². The number of anilines is 2. The van der Waals surface area contributed by atoms with Gasteiger partial charge < -0.3 is 5.32 Å². The molecule has 3 aromatic carbocycles. The molecule has 1 N–H and O–H groups in total. The molecule has 7 nitrogen and oxygen atoms in total. The van der Waals surface area contributed by atoms with Crippen molar-refractivity contribution in [2.24, 2.45) is 0 Å². The Labute approximate surface area is 219 Å². The molecule has 0 spiro atoms. The maximum absolute atomic E-state index is 13.2. The molecule has 1 aliphatic heterocycles. The van der Waals surface area contributed by atoms with Crippen molar-refractivity contribution in [3.8, 4) is 0 Å². The highest BCUT2D eigenvalue weighted by atomic mass is 32.2. The average Bonchev–Trinajstić information content (AvgIpc) is 2.92. The Morgan fingerprint density at radius 3 is 2.35 bits per heavy atom. The Morgan fingerprint density at radius 1 is 0.919 bits per heavy atom. The monoisotopic (exact) mass is 515 g/mol. The van der Waals surface area contributed by atoms with Crippen LogP contribution in [0.1, 0.15) is 36.8 Å². The number of rotatable bonds is 7. The number of hydrogen-bond acceptors (Lipinski definition) is 6. The predicted octanol–water partition coefficient (Wildman–Crippen LogP) is 5.31. The average molecular weight is 516 g/mol. The van der Waals surface area contributed by atoms with Crippen LogP contribution in [0, 0.1) is 6.92 Å². The van der Waals surface area contributed by atoms with E-state index in [1.807, 2.05) is 48.5 Å². The van der Waals surface area contributed by atoms with Crippen LogP contribution in [0.2, 0.25) is 0 Å². The Hall–Kier alpha value is -3.33. The van der Waals surface area contributed by atoms with Gasteiger partial charge in [0.15, 0.2) is 0 Å². The lowest BCUT2D eigenvalue weighted by Crippen LogP contribution is -2.49. The van der Waals surface area contributed by atoms with Gasteiger partial charge in [-0.3, -0.25) is 4.90 Å². The number of fused-ring (bicyclic) bond motifs is 1. The highest BCUT2D eigenvalue weighted by Crippen LogP contribution is 2.28. The topological polar surface area (TPSA) is 78.4 Å². The van der Waals surface area contributed by atoms with Gasteiger partial charge in [-0.05, 0) is 67.8 Å². The molecule has 2 heterocycles. The first-order chi connectivity index (χ1) is 17.8. The number of sulfonamides is 1. The maximum atomic E-state index is 13.2. The second-order valence-corrected chi connectivity index (χ2v) is 11.5. The Balaban J connectivity index is 1.34. The van der Waals surface area contributed by atoms with E-state index in [0.29, 0.717) is 31.1 Å². The fraction of sp³-hybridized carbons (Fsp3) is 0.310. The van der Waals surface area contributed by atoms with E-state index in [9.17, 15) is 8.42 Å². The van der Waals surface area contributed by atoms with Crippen molar-refractivity contribution >= 4 is 32.4 Å². The normalized spacial score (nSPS) is 16.1. The first-order valence-electron chi connectivity index (χ1n) is 12.8. The zero-order chi connectivity index (χ0) is 26.0. The van der Waals surface area contributed by atoms with E-state index in [-0.39, 0.29) is 6.04 Å². The van der Waals surface area contributed by atoms with E-state index in [2.05, 4.69) is 43.1 Å². The molecular weight excluding hydrogens is 482 g/mol. The highest BCUT2D eigenvalue weighted by Gasteiger charge is 2.31. The summed E-state index contributed by atoms with van der Waals surface area (Å²) in [5, 5.41) is 4.44. The highest BCUT2D eigenvalue weighted by molar-refractivity contribution is 7.89. The summed E-state index contributed by atoms with van der Waals surface area (Å²) in [7, 11) is -3.51. The Bertz CT molecular complexity index is 1500. The van der Waals surface area contributed by atoms with Gasteiger partial charge in [0, 0.05) is 37.3 Å². The summed E-state index contributed by atoms with van der Waals surface area (Å²) in [6, 6.07) is 23.4. The van der Waals surface area contributed by atoms with Gasteiger partial charge >= 0.3 is 0 Å². The molecule has 1 aliphatic rings. The number of para-hydroxylation sites is 1. The standard InChI is InChI=1S/C29H33N5O2S/c1-4-23-12-14-25(15-13-23)37(35,36)34-18-16-33(17-19-34)22(3)28-31-27-11-6-5-10-26(27)29(32-28)30-24-9-7-8-21(2)20-24/h5-15,20,22H,4,16-19H2,1-3H3,(H,30,31,32)/t22-/m0/s1. The molecule has 8 heteroatoms. The molecule has 1 saturated heterocycles. The minimum atomic E-state index is -3.51. The number of nitrogens with one attached hydrogen (secondary N) is 1. The van der Waals surface area contributed by atoms with Crippen molar-refractivity contribution in [1.82, 2.24) is 19.2 Å². The van der Waals surface area contributed by atoms with Crippen LogP contribution < -0.4 is 5.32 Å². The van der Waals surface area contributed by atoms with Crippen molar-refractivity contribution in [2.45, 2.75) is 38.1 Å². The van der Waals surface area contributed by atoms with Gasteiger partial charge in [0.2, 0.25) is 10.0 Å². The molecule has 0 amide bonds. The van der Waals surface area contributed by atoms with Crippen molar-refractivity contribution in [2.75, 3.05) is 31.5 Å². The molecule has 37 heavy (non-hydrogen) atoms. The molecule has 0 bridgehead atoms. The molecule has 192 valence electrons. The van der Waals surface area contributed by atoms with E-state index in [1.165, 1.54) is 5.56 Å². The molecular formula is C29H33N5O2S. The number of piperazine rings is 1. The Morgan fingerprint density at radius 2 is 1.65 bits per heavy atom. The van der Waals surface area contributed by atoms with Crippen LogP contribution in [0.3, 0.4) is 0 Å². The van der Waals surface area contributed by atoms with Crippen LogP contribution in [0.25, 0.3) is 10.9 Å². The molecule has 4 aromatic rings. The summed E-state index contributed by atoms with van der Waals surface area (Å²) in [4.78, 5) is 12.4. The van der Waals surface area contributed by atoms with Crippen LogP contribution >= 0.6 is 0 Å². The number of aryl methyl sites for hydroxylation is 2. The zero-order valence-electron chi connectivity index (χ0n) is 21.6. The van der Waals surface area contributed by atoms with Crippen LogP contribution in [0.5, 0.6) is 0 Å². The summed E-state index contributed by atoms with van der Waals surface area (Å²) in [6.45, 7) is 8.32. The Kier molecular flexibility index (Phi) is 7.24. The molecule has 1 aromatic heterocycles. The second-order valence-electron chi connectivity index (χ2n) is 9.56. The van der Waals surface area contributed by atoms with Gasteiger partial charge in [-0.1, -0.05) is 43.3 Å². The quantitative estimate of drug-likeness (QED) is 0.359. The fourth-order valence-electron chi connectivity index (χ4n) is 4.78. The third-order valence-corrected chi connectivity index (χ3v) is 8.98. The number of hydrogen-bond donors (Lipinski definition) is 1. The van der Waals surface area contributed by atoms with E-state index < -0.39 is 10.0 Å². The fourth-order valence-corrected chi connectivity index (χ4v) is 6.20. The van der Waals surface area contributed by atoms with E-state index in [4.69, 9.17) is 9.97 Å². The minimum absolute atomic E-state index is 0.0589. The molecule has 5 rings (SSSR count). The zero-order valence-corrected chi connectivity index (χ0v) is 22.4. The predicted molar refractivity (Wildman–Crippen MR) is 149 cm³/mol. The van der Waals surface area contributed by atoms with Crippen LogP contribution in [0.15, 0.2) is 77.7 Å². The summed E-state index contributed by atoms with van der Waals surface area (Å²) in [6.07, 6.45) is 0.885. The van der Waals surface area contributed by atoms with Crippen LogP contribution in [-0.4, -0.2) is 53.8 Å².